The van der Waals surface area contributed by atoms with Crippen LogP contribution in [0.1, 0.15) is 52.9 Å². The molecule has 9 nitrogen and oxygen atoms in total. The van der Waals surface area contributed by atoms with Crippen molar-refractivity contribution in [3.8, 4) is 0 Å². The van der Waals surface area contributed by atoms with Crippen LogP contribution in [-0.4, -0.2) is 45.4 Å². The number of nitrogens with zero attached hydrogens (tertiary/aromatic N) is 3. The summed E-state index contributed by atoms with van der Waals surface area (Å²) in [5.41, 5.74) is 1.23. The van der Waals surface area contributed by atoms with Gasteiger partial charge in [-0.15, -0.1) is 16.8 Å². The molecule has 0 aliphatic rings. The zero-order valence-corrected chi connectivity index (χ0v) is 24.1. The monoisotopic (exact) mass is 589 g/mol. The zero-order chi connectivity index (χ0) is 28.5. The second-order valence-electron chi connectivity index (χ2n) is 8.93. The van der Waals surface area contributed by atoms with Crippen molar-refractivity contribution in [3.05, 3.63) is 82.1 Å². The van der Waals surface area contributed by atoms with Gasteiger partial charge in [0.15, 0.2) is 11.0 Å². The molecule has 0 radical (unpaired) electrons. The first kappa shape index (κ1) is 30.2. The fraction of sp³-hybridized carbons (Fsp3) is 0.296. The molecule has 0 aliphatic heterocycles. The van der Waals surface area contributed by atoms with Crippen LogP contribution in [-0.2, 0) is 16.1 Å². The molecule has 0 spiro atoms. The normalized spacial score (nSPS) is 11.6. The van der Waals surface area contributed by atoms with Gasteiger partial charge in [-0.3, -0.25) is 9.59 Å². The lowest BCUT2D eigenvalue weighted by Gasteiger charge is -2.21. The second kappa shape index (κ2) is 14.2. The number of anilines is 1. The molecule has 1 aromatic heterocycles. The largest absolute Gasteiger partial charge is 0.465 e. The predicted molar refractivity (Wildman–Crippen MR) is 153 cm³/mol. The lowest BCUT2D eigenvalue weighted by molar-refractivity contribution is -0.113. The topological polar surface area (TPSA) is 115 Å². The number of halogens is 2. The lowest BCUT2D eigenvalue weighted by atomic mass is 10.0. The number of carbonyl (C=O) groups is 3. The van der Waals surface area contributed by atoms with E-state index < -0.39 is 12.0 Å². The van der Waals surface area contributed by atoms with Crippen LogP contribution >= 0.6 is 35.0 Å². The SMILES string of the molecule is C=CCn1c(SCC(=O)Nc2ccc(C(=O)OC)cc2)nnc1[C@H](CC(C)C)NC(=O)c1ccc(Cl)cc1Cl. The van der Waals surface area contributed by atoms with Crippen molar-refractivity contribution in [2.45, 2.75) is 38.0 Å². The van der Waals surface area contributed by atoms with Crippen molar-refractivity contribution in [2.24, 2.45) is 5.92 Å². The molecule has 0 bridgehead atoms. The van der Waals surface area contributed by atoms with E-state index in [1.165, 1.54) is 24.9 Å². The number of hydrogen-bond acceptors (Lipinski definition) is 7. The van der Waals surface area contributed by atoms with E-state index in [2.05, 4.69) is 32.1 Å². The Kier molecular flexibility index (Phi) is 11.0. The molecule has 0 fully saturated rings. The average molecular weight is 591 g/mol. The van der Waals surface area contributed by atoms with Gasteiger partial charge in [-0.05, 0) is 54.8 Å². The predicted octanol–water partition coefficient (Wildman–Crippen LogP) is 5.81. The van der Waals surface area contributed by atoms with Gasteiger partial charge in [-0.25, -0.2) is 4.79 Å². The first-order valence-corrected chi connectivity index (χ1v) is 13.8. The Morgan fingerprint density at radius 1 is 1.13 bits per heavy atom. The molecule has 12 heteroatoms. The van der Waals surface area contributed by atoms with Crippen molar-refractivity contribution in [3.63, 3.8) is 0 Å². The van der Waals surface area contributed by atoms with Crippen LogP contribution in [0.5, 0.6) is 0 Å². The average Bonchev–Trinajstić information content (AvgIpc) is 3.29. The molecule has 2 aromatic carbocycles. The first-order valence-electron chi connectivity index (χ1n) is 12.0. The van der Waals surface area contributed by atoms with Crippen LogP contribution in [0.3, 0.4) is 0 Å². The number of esters is 1. The van der Waals surface area contributed by atoms with Crippen LogP contribution in [0.2, 0.25) is 10.0 Å². The Bertz CT molecular complexity index is 1340. The molecule has 206 valence electrons. The van der Waals surface area contributed by atoms with Gasteiger partial charge in [-0.2, -0.15) is 0 Å². The summed E-state index contributed by atoms with van der Waals surface area (Å²) in [6.45, 7) is 8.29. The minimum absolute atomic E-state index is 0.0651. The second-order valence-corrected chi connectivity index (χ2v) is 10.7. The van der Waals surface area contributed by atoms with E-state index in [1.54, 1.807) is 42.5 Å². The summed E-state index contributed by atoms with van der Waals surface area (Å²) < 4.78 is 6.51. The summed E-state index contributed by atoms with van der Waals surface area (Å²) >= 11 is 13.4. The minimum atomic E-state index is -0.465. The van der Waals surface area contributed by atoms with Crippen LogP contribution < -0.4 is 10.6 Å². The maximum atomic E-state index is 13.1. The molecule has 0 saturated heterocycles. The highest BCUT2D eigenvalue weighted by Gasteiger charge is 2.25. The van der Waals surface area contributed by atoms with E-state index in [1.807, 2.05) is 18.4 Å². The number of thioether (sulfide) groups is 1. The molecule has 0 aliphatic carbocycles. The molecule has 2 N–H and O–H groups in total. The molecule has 0 unspecified atom stereocenters. The number of rotatable bonds is 12. The third kappa shape index (κ3) is 8.32. The molecule has 3 aromatic rings. The van der Waals surface area contributed by atoms with Gasteiger partial charge in [0.25, 0.3) is 5.91 Å². The molecule has 1 heterocycles. The highest BCUT2D eigenvalue weighted by molar-refractivity contribution is 7.99. The molecule has 1 atom stereocenters. The number of benzene rings is 2. The van der Waals surface area contributed by atoms with Gasteiger partial charge in [0.05, 0.1) is 35.1 Å². The number of carbonyl (C=O) groups excluding carboxylic acids is 3. The minimum Gasteiger partial charge on any atom is -0.465 e. The Hall–Kier alpha value is -3.34. The zero-order valence-electron chi connectivity index (χ0n) is 21.7. The first-order chi connectivity index (χ1) is 18.6. The Morgan fingerprint density at radius 3 is 2.46 bits per heavy atom. The maximum Gasteiger partial charge on any atom is 0.337 e. The molecule has 3 rings (SSSR count). The fourth-order valence-corrected chi connectivity index (χ4v) is 4.96. The summed E-state index contributed by atoms with van der Waals surface area (Å²) in [5.74, 6) is -0.229. The fourth-order valence-electron chi connectivity index (χ4n) is 3.71. The van der Waals surface area contributed by atoms with Gasteiger partial charge in [0.2, 0.25) is 5.91 Å². The Morgan fingerprint density at radius 2 is 1.85 bits per heavy atom. The standard InChI is InChI=1S/C27H29Cl2N5O4S/c1-5-12-34-24(22(13-16(2)3)31-25(36)20-11-8-18(28)14-21(20)29)32-33-27(34)39-15-23(35)30-19-9-6-17(7-10-19)26(37)38-4/h5-11,14,16,22H,1,12-13,15H2,2-4H3,(H,30,35)(H,31,36)/t22-/m0/s1. The molecule has 2 amide bonds. The number of aromatic nitrogens is 3. The van der Waals surface area contributed by atoms with Gasteiger partial charge >= 0.3 is 5.97 Å². The van der Waals surface area contributed by atoms with E-state index in [0.717, 1.165) is 0 Å². The van der Waals surface area contributed by atoms with Gasteiger partial charge in [0, 0.05) is 17.3 Å². The Labute approximate surface area is 241 Å². The molecule has 0 saturated carbocycles. The number of allylic oxidation sites excluding steroid dienone is 1. The molecule has 39 heavy (non-hydrogen) atoms. The van der Waals surface area contributed by atoms with Crippen molar-refractivity contribution < 1.29 is 19.1 Å². The third-order valence-corrected chi connectivity index (χ3v) is 6.99. The molecular weight excluding hydrogens is 561 g/mol. The maximum absolute atomic E-state index is 13.1. The van der Waals surface area contributed by atoms with Crippen molar-refractivity contribution in [1.82, 2.24) is 20.1 Å². The summed E-state index contributed by atoms with van der Waals surface area (Å²) in [7, 11) is 1.31. The van der Waals surface area contributed by atoms with Crippen LogP contribution in [0.4, 0.5) is 5.69 Å². The number of hydrogen-bond donors (Lipinski definition) is 2. The van der Waals surface area contributed by atoms with E-state index in [4.69, 9.17) is 23.2 Å². The van der Waals surface area contributed by atoms with Crippen molar-refractivity contribution in [1.29, 1.82) is 0 Å². The highest BCUT2D eigenvalue weighted by Crippen LogP contribution is 2.27. The van der Waals surface area contributed by atoms with Gasteiger partial charge in [-0.1, -0.05) is 54.9 Å². The van der Waals surface area contributed by atoms with Crippen LogP contribution in [0.15, 0.2) is 60.3 Å². The number of nitrogens with one attached hydrogen (secondary N) is 2. The number of ether oxygens (including phenoxy) is 1. The van der Waals surface area contributed by atoms with Gasteiger partial charge < -0.3 is 19.9 Å². The van der Waals surface area contributed by atoms with E-state index in [-0.39, 0.29) is 28.5 Å². The lowest BCUT2D eigenvalue weighted by Crippen LogP contribution is -2.32. The van der Waals surface area contributed by atoms with Crippen LogP contribution in [0, 0.1) is 5.92 Å². The highest BCUT2D eigenvalue weighted by atomic mass is 35.5. The smallest absolute Gasteiger partial charge is 0.337 e. The van der Waals surface area contributed by atoms with Crippen molar-refractivity contribution >= 4 is 58.4 Å². The quantitative estimate of drug-likeness (QED) is 0.156. The summed E-state index contributed by atoms with van der Waals surface area (Å²) in [6.07, 6.45) is 2.29. The van der Waals surface area contributed by atoms with E-state index in [9.17, 15) is 14.4 Å². The molecular formula is C27H29Cl2N5O4S. The van der Waals surface area contributed by atoms with Crippen LogP contribution in [0.25, 0.3) is 0 Å². The number of amides is 2. The van der Waals surface area contributed by atoms with Crippen molar-refractivity contribution in [2.75, 3.05) is 18.2 Å². The summed E-state index contributed by atoms with van der Waals surface area (Å²) in [5, 5.41) is 15.7. The van der Waals surface area contributed by atoms with Gasteiger partial charge in [0.1, 0.15) is 0 Å². The summed E-state index contributed by atoms with van der Waals surface area (Å²) in [4.78, 5) is 37.3. The van der Waals surface area contributed by atoms with E-state index in [0.29, 0.717) is 45.8 Å². The van der Waals surface area contributed by atoms with E-state index >= 15 is 0 Å². The third-order valence-electron chi connectivity index (χ3n) is 5.48. The summed E-state index contributed by atoms with van der Waals surface area (Å²) in [6, 6.07) is 10.6. The Balaban J connectivity index is 1.74. The number of methoxy groups -OCH3 is 1.